The first-order valence-corrected chi connectivity index (χ1v) is 7.86. The summed E-state index contributed by atoms with van der Waals surface area (Å²) in [6.45, 7) is 3.66. The Morgan fingerprint density at radius 1 is 1.04 bits per heavy atom. The molecule has 0 aliphatic rings. The molecule has 8 heteroatoms. The Hall–Kier alpha value is -2.74. The van der Waals surface area contributed by atoms with E-state index in [1.807, 2.05) is 13.8 Å². The van der Waals surface area contributed by atoms with Crippen LogP contribution in [-0.2, 0) is 5.60 Å². The normalized spacial score (nSPS) is 14.4. The lowest BCUT2D eigenvalue weighted by atomic mass is 9.83. The van der Waals surface area contributed by atoms with Crippen LogP contribution in [0.25, 0.3) is 10.9 Å². The number of hydrogen-bond acceptors (Lipinski definition) is 5. The minimum absolute atomic E-state index is 0.254. The van der Waals surface area contributed by atoms with Gasteiger partial charge in [-0.05, 0) is 36.2 Å². The Labute approximate surface area is 147 Å². The molecular weight excluding hydrogens is 347 g/mol. The molecule has 2 aromatic heterocycles. The summed E-state index contributed by atoms with van der Waals surface area (Å²) in [6, 6.07) is 8.62. The van der Waals surface area contributed by atoms with Crippen molar-refractivity contribution in [3.8, 4) is 5.75 Å². The van der Waals surface area contributed by atoms with E-state index in [4.69, 9.17) is 0 Å². The van der Waals surface area contributed by atoms with Crippen molar-refractivity contribution in [2.24, 2.45) is 5.92 Å². The maximum atomic E-state index is 12.4. The monoisotopic (exact) mass is 363 g/mol. The molecule has 3 rings (SSSR count). The molecule has 3 aromatic rings. The molecule has 1 N–H and O–H groups in total. The summed E-state index contributed by atoms with van der Waals surface area (Å²) in [5.41, 5.74) is -0.280. The highest BCUT2D eigenvalue weighted by Crippen LogP contribution is 2.35. The van der Waals surface area contributed by atoms with Crippen LogP contribution in [0.5, 0.6) is 5.75 Å². The second-order valence-electron chi connectivity index (χ2n) is 6.11. The van der Waals surface area contributed by atoms with Gasteiger partial charge >= 0.3 is 6.36 Å². The van der Waals surface area contributed by atoms with Crippen LogP contribution >= 0.6 is 0 Å². The van der Waals surface area contributed by atoms with Crippen molar-refractivity contribution in [3.63, 3.8) is 0 Å². The van der Waals surface area contributed by atoms with Gasteiger partial charge in [0.25, 0.3) is 0 Å². The third-order valence-corrected chi connectivity index (χ3v) is 4.09. The van der Waals surface area contributed by atoms with E-state index in [0.717, 1.165) is 0 Å². The number of halogens is 3. The van der Waals surface area contributed by atoms with E-state index in [1.165, 1.54) is 30.7 Å². The number of pyridine rings is 1. The van der Waals surface area contributed by atoms with Gasteiger partial charge in [0.1, 0.15) is 12.1 Å². The highest BCUT2D eigenvalue weighted by molar-refractivity contribution is 5.80. The molecule has 2 heterocycles. The Morgan fingerprint density at radius 3 is 2.42 bits per heavy atom. The van der Waals surface area contributed by atoms with Gasteiger partial charge in [0, 0.05) is 11.6 Å². The van der Waals surface area contributed by atoms with Crippen molar-refractivity contribution >= 4 is 10.9 Å². The van der Waals surface area contributed by atoms with Crippen LogP contribution in [0.15, 0.2) is 48.9 Å². The van der Waals surface area contributed by atoms with E-state index in [9.17, 15) is 18.3 Å². The average Bonchev–Trinajstić information content (AvgIpc) is 2.59. The van der Waals surface area contributed by atoms with Gasteiger partial charge in [-0.15, -0.1) is 13.2 Å². The number of benzene rings is 1. The molecule has 0 saturated heterocycles. The third kappa shape index (κ3) is 3.45. The van der Waals surface area contributed by atoms with Crippen molar-refractivity contribution in [1.82, 2.24) is 15.0 Å². The lowest BCUT2D eigenvalue weighted by Crippen LogP contribution is -2.35. The standard InChI is InChI=1S/C18H16F3N3O2/c1-11(2)17(25,15-7-8-22-10-23-15)16-6-3-12-9-13(26-18(19,20)21)4-5-14(12)24-16/h3-11,25H,1-2H3. The van der Waals surface area contributed by atoms with Gasteiger partial charge in [-0.25, -0.2) is 15.0 Å². The molecule has 0 amide bonds. The molecule has 0 spiro atoms. The van der Waals surface area contributed by atoms with E-state index in [2.05, 4.69) is 19.7 Å². The van der Waals surface area contributed by atoms with Crippen molar-refractivity contribution < 1.29 is 23.0 Å². The zero-order valence-corrected chi connectivity index (χ0v) is 14.0. The smallest absolute Gasteiger partial charge is 0.406 e. The van der Waals surface area contributed by atoms with Gasteiger partial charge in [0.2, 0.25) is 0 Å². The quantitative estimate of drug-likeness (QED) is 0.763. The molecule has 0 bridgehead atoms. The summed E-state index contributed by atoms with van der Waals surface area (Å²) in [5, 5.41) is 11.7. The Bertz CT molecular complexity index is 916. The molecule has 0 aliphatic heterocycles. The fourth-order valence-electron chi connectivity index (χ4n) is 2.75. The van der Waals surface area contributed by atoms with Gasteiger partial charge < -0.3 is 9.84 Å². The molecular formula is C18H16F3N3O2. The molecule has 5 nitrogen and oxygen atoms in total. The Kier molecular flexibility index (Phi) is 4.53. The highest BCUT2D eigenvalue weighted by atomic mass is 19.4. The second-order valence-corrected chi connectivity index (χ2v) is 6.11. The van der Waals surface area contributed by atoms with Crippen LogP contribution in [0.3, 0.4) is 0 Å². The van der Waals surface area contributed by atoms with Crippen molar-refractivity contribution in [2.45, 2.75) is 25.8 Å². The van der Waals surface area contributed by atoms with E-state index < -0.39 is 12.0 Å². The Balaban J connectivity index is 2.06. The fourth-order valence-corrected chi connectivity index (χ4v) is 2.75. The van der Waals surface area contributed by atoms with Gasteiger partial charge in [0.15, 0.2) is 5.60 Å². The molecule has 0 aliphatic carbocycles. The zero-order chi connectivity index (χ0) is 18.9. The molecule has 1 atom stereocenters. The predicted molar refractivity (Wildman–Crippen MR) is 88.3 cm³/mol. The maximum Gasteiger partial charge on any atom is 0.573 e. The van der Waals surface area contributed by atoms with Crippen molar-refractivity contribution in [1.29, 1.82) is 0 Å². The minimum Gasteiger partial charge on any atom is -0.406 e. The largest absolute Gasteiger partial charge is 0.573 e. The summed E-state index contributed by atoms with van der Waals surface area (Å²) in [4.78, 5) is 12.4. The van der Waals surface area contributed by atoms with Crippen molar-refractivity contribution in [3.05, 3.63) is 60.3 Å². The van der Waals surface area contributed by atoms with E-state index >= 15 is 0 Å². The highest BCUT2D eigenvalue weighted by Gasteiger charge is 2.38. The van der Waals surface area contributed by atoms with Crippen LogP contribution in [0.1, 0.15) is 25.2 Å². The summed E-state index contributed by atoms with van der Waals surface area (Å²) in [6.07, 6.45) is -1.89. The summed E-state index contributed by atoms with van der Waals surface area (Å²) in [7, 11) is 0. The predicted octanol–water partition coefficient (Wildman–Crippen LogP) is 3.82. The van der Waals surface area contributed by atoms with E-state index in [1.54, 1.807) is 18.2 Å². The number of rotatable bonds is 4. The lowest BCUT2D eigenvalue weighted by Gasteiger charge is -2.31. The zero-order valence-electron chi connectivity index (χ0n) is 14.0. The first kappa shape index (κ1) is 18.1. The molecule has 1 unspecified atom stereocenters. The SMILES string of the molecule is CC(C)C(O)(c1ccncn1)c1ccc2cc(OC(F)(F)F)ccc2n1. The topological polar surface area (TPSA) is 68.1 Å². The van der Waals surface area contributed by atoms with Crippen molar-refractivity contribution in [2.75, 3.05) is 0 Å². The van der Waals surface area contributed by atoms with Crippen LogP contribution in [-0.4, -0.2) is 26.4 Å². The van der Waals surface area contributed by atoms with Gasteiger partial charge in [-0.3, -0.25) is 0 Å². The molecule has 136 valence electrons. The Morgan fingerprint density at radius 2 is 1.81 bits per heavy atom. The number of ether oxygens (including phenoxy) is 1. The molecule has 0 fully saturated rings. The van der Waals surface area contributed by atoms with Crippen LogP contribution < -0.4 is 4.74 Å². The first-order valence-electron chi connectivity index (χ1n) is 7.86. The first-order chi connectivity index (χ1) is 12.2. The minimum atomic E-state index is -4.76. The lowest BCUT2D eigenvalue weighted by molar-refractivity contribution is -0.274. The molecule has 0 radical (unpaired) electrons. The van der Waals surface area contributed by atoms with Crippen LogP contribution in [0, 0.1) is 5.92 Å². The summed E-state index contributed by atoms with van der Waals surface area (Å²) >= 11 is 0. The average molecular weight is 363 g/mol. The van der Waals surface area contributed by atoms with E-state index in [-0.39, 0.29) is 11.7 Å². The fraction of sp³-hybridized carbons (Fsp3) is 0.278. The van der Waals surface area contributed by atoms with Gasteiger partial charge in [0.05, 0.1) is 16.9 Å². The van der Waals surface area contributed by atoms with Gasteiger partial charge in [-0.2, -0.15) is 0 Å². The van der Waals surface area contributed by atoms with E-state index in [0.29, 0.717) is 22.3 Å². The molecule has 26 heavy (non-hydrogen) atoms. The van der Waals surface area contributed by atoms with Gasteiger partial charge in [-0.1, -0.05) is 19.9 Å². The third-order valence-electron chi connectivity index (χ3n) is 4.09. The number of alkyl halides is 3. The second kappa shape index (κ2) is 6.53. The number of hydrogen-bond donors (Lipinski definition) is 1. The number of nitrogens with zero attached hydrogens (tertiary/aromatic N) is 3. The van der Waals surface area contributed by atoms with Crippen LogP contribution in [0.4, 0.5) is 13.2 Å². The number of aliphatic hydroxyl groups is 1. The summed E-state index contributed by atoms with van der Waals surface area (Å²) in [5.74, 6) is -0.579. The summed E-state index contributed by atoms with van der Waals surface area (Å²) < 4.78 is 41.0. The maximum absolute atomic E-state index is 12.4. The molecule has 1 aromatic carbocycles. The number of aromatic nitrogens is 3. The number of fused-ring (bicyclic) bond motifs is 1. The van der Waals surface area contributed by atoms with Crippen LogP contribution in [0.2, 0.25) is 0 Å². The molecule has 0 saturated carbocycles.